The Labute approximate surface area is 144 Å². The fraction of sp³-hybridized carbons (Fsp3) is 0.444. The number of nitrogens with one attached hydrogen (secondary N) is 1. The summed E-state index contributed by atoms with van der Waals surface area (Å²) in [5.41, 5.74) is 6.83. The Morgan fingerprint density at radius 1 is 1.30 bits per heavy atom. The van der Waals surface area contributed by atoms with E-state index in [1.165, 1.54) is 5.57 Å². The molecule has 1 heterocycles. The van der Waals surface area contributed by atoms with Crippen LogP contribution in [0.1, 0.15) is 19.4 Å². The Hall–Kier alpha value is -1.65. The maximum atomic E-state index is 6.27. The molecular weight excluding hydrogens is 310 g/mol. The molecule has 0 aromatic heterocycles. The van der Waals surface area contributed by atoms with E-state index < -0.39 is 0 Å². The molecule has 0 amide bonds. The molecule has 4 nitrogen and oxygen atoms in total. The van der Waals surface area contributed by atoms with E-state index in [2.05, 4.69) is 55.6 Å². The minimum Gasteiger partial charge on any atom is -0.495 e. The molecule has 0 unspecified atom stereocenters. The van der Waals surface area contributed by atoms with E-state index in [-0.39, 0.29) is 0 Å². The van der Waals surface area contributed by atoms with Crippen molar-refractivity contribution in [2.75, 3.05) is 34.3 Å². The molecule has 1 aliphatic rings. The fourth-order valence-corrected chi connectivity index (χ4v) is 2.82. The normalized spacial score (nSPS) is 14.7. The average Bonchev–Trinajstić information content (AvgIpc) is 2.45. The van der Waals surface area contributed by atoms with Crippen molar-refractivity contribution in [2.24, 2.45) is 5.92 Å². The number of nitrogens with zero attached hydrogens (tertiary/aromatic N) is 2. The van der Waals surface area contributed by atoms with Gasteiger partial charge in [-0.3, -0.25) is 10.4 Å². The standard InChI is InChI=1S/C18H26ClN3O/c1-13(2)10-22-12-14(11-21(3)4)8-17(20-22)15-6-7-18(23-5)16(19)9-15/h6-9,12-13,20H,10-11H2,1-5H3. The summed E-state index contributed by atoms with van der Waals surface area (Å²) in [5, 5.41) is 2.77. The highest BCUT2D eigenvalue weighted by Crippen LogP contribution is 2.29. The lowest BCUT2D eigenvalue weighted by Crippen LogP contribution is -2.38. The van der Waals surface area contributed by atoms with Gasteiger partial charge in [-0.25, -0.2) is 0 Å². The minimum atomic E-state index is 0.568. The minimum absolute atomic E-state index is 0.568. The smallest absolute Gasteiger partial charge is 0.137 e. The average molecular weight is 336 g/mol. The van der Waals surface area contributed by atoms with Gasteiger partial charge in [0, 0.05) is 24.9 Å². The van der Waals surface area contributed by atoms with Gasteiger partial charge in [0.2, 0.25) is 0 Å². The molecule has 0 radical (unpaired) electrons. The van der Waals surface area contributed by atoms with Crippen LogP contribution in [-0.2, 0) is 0 Å². The molecule has 0 fully saturated rings. The van der Waals surface area contributed by atoms with Crippen molar-refractivity contribution in [1.82, 2.24) is 15.3 Å². The highest BCUT2D eigenvalue weighted by Gasteiger charge is 2.15. The summed E-state index contributed by atoms with van der Waals surface area (Å²) in [7, 11) is 5.78. The number of ether oxygens (including phenoxy) is 1. The molecule has 0 aliphatic carbocycles. The summed E-state index contributed by atoms with van der Waals surface area (Å²) in [4.78, 5) is 2.17. The Morgan fingerprint density at radius 2 is 2.04 bits per heavy atom. The summed E-state index contributed by atoms with van der Waals surface area (Å²) in [6, 6.07) is 5.86. The summed E-state index contributed by atoms with van der Waals surface area (Å²) >= 11 is 6.27. The molecule has 1 aromatic carbocycles. The van der Waals surface area contributed by atoms with E-state index >= 15 is 0 Å². The lowest BCUT2D eigenvalue weighted by molar-refractivity contribution is 0.279. The van der Waals surface area contributed by atoms with E-state index in [1.807, 2.05) is 18.2 Å². The summed E-state index contributed by atoms with van der Waals surface area (Å²) < 4.78 is 5.23. The van der Waals surface area contributed by atoms with Crippen molar-refractivity contribution in [1.29, 1.82) is 0 Å². The largest absolute Gasteiger partial charge is 0.495 e. The molecule has 1 aliphatic heterocycles. The first kappa shape index (κ1) is 17.7. The third kappa shape index (κ3) is 4.91. The van der Waals surface area contributed by atoms with Gasteiger partial charge in [-0.05, 0) is 49.9 Å². The lowest BCUT2D eigenvalue weighted by Gasteiger charge is -2.31. The quantitative estimate of drug-likeness (QED) is 0.859. The van der Waals surface area contributed by atoms with Crippen LogP contribution in [0.25, 0.3) is 5.70 Å². The number of rotatable bonds is 6. The van der Waals surface area contributed by atoms with Crippen molar-refractivity contribution in [2.45, 2.75) is 13.8 Å². The number of benzene rings is 1. The second-order valence-corrected chi connectivity index (χ2v) is 6.91. The topological polar surface area (TPSA) is 27.7 Å². The van der Waals surface area contributed by atoms with E-state index in [4.69, 9.17) is 16.3 Å². The molecule has 0 bridgehead atoms. The zero-order valence-electron chi connectivity index (χ0n) is 14.6. The van der Waals surface area contributed by atoms with Crippen molar-refractivity contribution < 1.29 is 4.74 Å². The van der Waals surface area contributed by atoms with Crippen LogP contribution in [0.4, 0.5) is 0 Å². The zero-order valence-corrected chi connectivity index (χ0v) is 15.3. The van der Waals surface area contributed by atoms with E-state index in [0.717, 1.165) is 24.4 Å². The SMILES string of the molecule is COc1ccc(C2=CC(CN(C)C)=CN(CC(C)C)N2)cc1Cl. The second-order valence-electron chi connectivity index (χ2n) is 6.51. The highest BCUT2D eigenvalue weighted by molar-refractivity contribution is 6.32. The van der Waals surface area contributed by atoms with E-state index in [0.29, 0.717) is 16.7 Å². The molecule has 0 atom stereocenters. The monoisotopic (exact) mass is 335 g/mol. The summed E-state index contributed by atoms with van der Waals surface area (Å²) in [5.74, 6) is 1.26. The number of methoxy groups -OCH3 is 1. The molecule has 126 valence electrons. The molecule has 0 spiro atoms. The van der Waals surface area contributed by atoms with Gasteiger partial charge in [0.1, 0.15) is 5.75 Å². The zero-order chi connectivity index (χ0) is 17.0. The van der Waals surface area contributed by atoms with Crippen LogP contribution in [0, 0.1) is 5.92 Å². The molecule has 5 heteroatoms. The van der Waals surface area contributed by atoms with Gasteiger partial charge in [-0.2, -0.15) is 0 Å². The van der Waals surface area contributed by atoms with Gasteiger partial charge in [-0.15, -0.1) is 0 Å². The van der Waals surface area contributed by atoms with Crippen molar-refractivity contribution in [3.8, 4) is 5.75 Å². The number of hydrazine groups is 1. The van der Waals surface area contributed by atoms with E-state index in [1.54, 1.807) is 7.11 Å². The Morgan fingerprint density at radius 3 is 2.61 bits per heavy atom. The highest BCUT2D eigenvalue weighted by atomic mass is 35.5. The van der Waals surface area contributed by atoms with Crippen LogP contribution in [-0.4, -0.2) is 44.2 Å². The van der Waals surface area contributed by atoms with Crippen molar-refractivity contribution >= 4 is 17.3 Å². The van der Waals surface area contributed by atoms with Crippen molar-refractivity contribution in [3.63, 3.8) is 0 Å². The predicted molar refractivity (Wildman–Crippen MR) is 97.3 cm³/mol. The predicted octanol–water partition coefficient (Wildman–Crippen LogP) is 3.61. The maximum Gasteiger partial charge on any atom is 0.137 e. The van der Waals surface area contributed by atoms with Crippen molar-refractivity contribution in [3.05, 3.63) is 46.6 Å². The van der Waals surface area contributed by atoms with Gasteiger partial charge in [0.15, 0.2) is 0 Å². The first-order valence-electron chi connectivity index (χ1n) is 7.83. The van der Waals surface area contributed by atoms with Gasteiger partial charge < -0.3 is 9.64 Å². The number of likely N-dealkylation sites (N-methyl/N-ethyl adjacent to an activating group) is 1. The first-order chi connectivity index (χ1) is 10.9. The molecule has 2 rings (SSSR count). The van der Waals surface area contributed by atoms with Gasteiger partial charge >= 0.3 is 0 Å². The number of hydrogen-bond acceptors (Lipinski definition) is 4. The van der Waals surface area contributed by atoms with Crippen LogP contribution >= 0.6 is 11.6 Å². The van der Waals surface area contributed by atoms with Gasteiger partial charge in [0.25, 0.3) is 0 Å². The molecule has 23 heavy (non-hydrogen) atoms. The van der Waals surface area contributed by atoms with Crippen LogP contribution in [0.15, 0.2) is 36.0 Å². The van der Waals surface area contributed by atoms with Crippen LogP contribution in [0.3, 0.4) is 0 Å². The maximum absolute atomic E-state index is 6.27. The molecular formula is C18H26ClN3O. The summed E-state index contributed by atoms with van der Waals surface area (Å²) in [6.45, 7) is 6.26. The van der Waals surface area contributed by atoms with E-state index in [9.17, 15) is 0 Å². The molecule has 0 saturated carbocycles. The Balaban J connectivity index is 2.30. The van der Waals surface area contributed by atoms with Crippen LogP contribution in [0.5, 0.6) is 5.75 Å². The van der Waals surface area contributed by atoms with Gasteiger partial charge in [-0.1, -0.05) is 25.4 Å². The van der Waals surface area contributed by atoms with Crippen LogP contribution in [0.2, 0.25) is 5.02 Å². The molecule has 1 aromatic rings. The Kier molecular flexibility index (Phi) is 5.97. The second kappa shape index (κ2) is 7.75. The lowest BCUT2D eigenvalue weighted by atomic mass is 10.1. The van der Waals surface area contributed by atoms with Gasteiger partial charge in [0.05, 0.1) is 17.8 Å². The number of halogens is 1. The first-order valence-corrected chi connectivity index (χ1v) is 8.21. The molecule has 1 N–H and O–H groups in total. The van der Waals surface area contributed by atoms with Crippen LogP contribution < -0.4 is 10.2 Å². The third-order valence-electron chi connectivity index (χ3n) is 3.44. The number of hydrogen-bond donors (Lipinski definition) is 1. The molecule has 0 saturated heterocycles. The Bertz CT molecular complexity index is 608. The third-order valence-corrected chi connectivity index (χ3v) is 3.73. The summed E-state index contributed by atoms with van der Waals surface area (Å²) in [6.07, 6.45) is 4.35. The fourth-order valence-electron chi connectivity index (χ4n) is 2.57.